The van der Waals surface area contributed by atoms with Gasteiger partial charge in [-0.3, -0.25) is 0 Å². The van der Waals surface area contributed by atoms with Crippen molar-refractivity contribution in [3.8, 4) is 0 Å². The molecule has 1 unspecified atom stereocenters. The molecule has 4 heteroatoms. The Morgan fingerprint density at radius 3 is 1.94 bits per heavy atom. The molecule has 0 amide bonds. The fourth-order valence-electron chi connectivity index (χ4n) is 1.88. The predicted octanol–water partition coefficient (Wildman–Crippen LogP) is 4.41. The molecule has 0 aromatic carbocycles. The molecule has 0 aliphatic rings. The second-order valence-corrected chi connectivity index (χ2v) is 10.7. The van der Waals surface area contributed by atoms with E-state index in [-0.39, 0.29) is 0 Å². The van der Waals surface area contributed by atoms with E-state index < -0.39 is 21.8 Å². The minimum Gasteiger partial charge on any atom is -0.457 e. The summed E-state index contributed by atoms with van der Waals surface area (Å²) >= 11 is -1.20. The summed E-state index contributed by atoms with van der Waals surface area (Å²) in [6.45, 7) is 17.5. The zero-order chi connectivity index (χ0) is 13.5. The molecular weight excluding hydrogens is 246 g/mol. The lowest BCUT2D eigenvalue weighted by molar-refractivity contribution is 0.332. The van der Waals surface area contributed by atoms with Crippen molar-refractivity contribution in [2.45, 2.75) is 45.2 Å². The summed E-state index contributed by atoms with van der Waals surface area (Å²) in [5.74, 6) is 1.40. The topological polar surface area (TPSA) is 18.5 Å². The van der Waals surface area contributed by atoms with E-state index in [2.05, 4.69) is 39.7 Å². The Hall–Kier alpha value is 0.532. The highest BCUT2D eigenvalue weighted by atomic mass is 31.2. The van der Waals surface area contributed by atoms with Crippen LogP contribution in [0.25, 0.3) is 0 Å². The molecule has 0 saturated carbocycles. The van der Waals surface area contributed by atoms with Gasteiger partial charge in [-0.05, 0) is 6.92 Å². The van der Waals surface area contributed by atoms with E-state index in [1.807, 2.05) is 13.6 Å². The van der Waals surface area contributed by atoms with E-state index in [4.69, 9.17) is 8.10 Å². The summed E-state index contributed by atoms with van der Waals surface area (Å²) < 4.78 is 12.0. The predicted molar refractivity (Wildman–Crippen MR) is 81.2 cm³/mol. The Labute approximate surface area is 112 Å². The molecule has 100 valence electrons. The summed E-state index contributed by atoms with van der Waals surface area (Å²) in [6.07, 6.45) is 0. The molecule has 0 fully saturated rings. The van der Waals surface area contributed by atoms with Crippen molar-refractivity contribution in [1.29, 1.82) is 0 Å². The van der Waals surface area contributed by atoms with E-state index in [0.717, 1.165) is 0 Å². The van der Waals surface area contributed by atoms with Crippen molar-refractivity contribution < 1.29 is 8.10 Å². The van der Waals surface area contributed by atoms with Crippen molar-refractivity contribution in [1.82, 2.24) is 0 Å². The highest BCUT2D eigenvalue weighted by Crippen LogP contribution is 2.46. The molecule has 0 rings (SSSR count). The van der Waals surface area contributed by atoms with E-state index in [1.54, 1.807) is 0 Å². The van der Waals surface area contributed by atoms with E-state index in [9.17, 15) is 0 Å². The second-order valence-electron chi connectivity index (χ2n) is 5.41. The van der Waals surface area contributed by atoms with Gasteiger partial charge in [0.2, 0.25) is 0 Å². The minimum atomic E-state index is -1.92. The molecule has 17 heavy (non-hydrogen) atoms. The Morgan fingerprint density at radius 2 is 1.65 bits per heavy atom. The lowest BCUT2D eigenvalue weighted by Crippen LogP contribution is -2.21. The van der Waals surface area contributed by atoms with Gasteiger partial charge in [-0.25, -0.2) is 0 Å². The quantitative estimate of drug-likeness (QED) is 0.482. The van der Waals surface area contributed by atoms with E-state index in [0.29, 0.717) is 18.4 Å². The van der Waals surface area contributed by atoms with Gasteiger partial charge < -0.3 is 8.10 Å². The molecular formula is C13H28AlO2P. The van der Waals surface area contributed by atoms with Gasteiger partial charge in [0.05, 0.1) is 6.61 Å². The Balaban J connectivity index is 4.65. The highest BCUT2D eigenvalue weighted by molar-refractivity contribution is 7.65. The largest absolute Gasteiger partial charge is 0.467 e. The lowest BCUT2D eigenvalue weighted by atomic mass is 10.3. The minimum absolute atomic E-state index is 0.678. The summed E-state index contributed by atoms with van der Waals surface area (Å²) in [5.41, 5.74) is 3.01. The molecule has 0 bridgehead atoms. The van der Waals surface area contributed by atoms with Gasteiger partial charge in [-0.2, -0.15) is 0 Å². The second kappa shape index (κ2) is 8.60. The van der Waals surface area contributed by atoms with Crippen LogP contribution in [0, 0.1) is 11.8 Å². The maximum Gasteiger partial charge on any atom is 0.467 e. The SMILES string of the molecule is C=C=P(C)(OCC)[O][Al]([CH2]C(C)C)[CH2]C(C)C. The van der Waals surface area contributed by atoms with Crippen LogP contribution in [0.5, 0.6) is 0 Å². The molecule has 0 aromatic rings. The van der Waals surface area contributed by atoms with Gasteiger partial charge in [0, 0.05) is 6.66 Å². The zero-order valence-electron chi connectivity index (χ0n) is 12.3. The van der Waals surface area contributed by atoms with E-state index in [1.165, 1.54) is 10.6 Å². The molecule has 0 radical (unpaired) electrons. The van der Waals surface area contributed by atoms with Crippen molar-refractivity contribution in [3.05, 3.63) is 6.58 Å². The van der Waals surface area contributed by atoms with Crippen molar-refractivity contribution in [2.24, 2.45) is 11.8 Å². The highest BCUT2D eigenvalue weighted by Gasteiger charge is 2.28. The average Bonchev–Trinajstić information content (AvgIpc) is 2.15. The third-order valence-corrected chi connectivity index (χ3v) is 9.55. The van der Waals surface area contributed by atoms with Gasteiger partial charge in [0.25, 0.3) is 0 Å². The maximum atomic E-state index is 6.30. The number of rotatable bonds is 8. The standard InChI is InChI=1S/C5H10O2P.2C4H9.Al/c1-4-7-8(3,6)5-2;2*1-4(2)3;/h2,4H2,1,3H3;2*4H,1H2,2-3H3;/q-1;;;+1. The normalized spacial score (nSPS) is 14.8. The third kappa shape index (κ3) is 8.28. The molecule has 0 N–H and O–H groups in total. The summed E-state index contributed by atoms with van der Waals surface area (Å²) in [6, 6.07) is 0. The van der Waals surface area contributed by atoms with Crippen molar-refractivity contribution >= 4 is 27.3 Å². The van der Waals surface area contributed by atoms with Gasteiger partial charge >= 0.3 is 14.5 Å². The molecule has 0 aliphatic heterocycles. The van der Waals surface area contributed by atoms with Crippen LogP contribution in [-0.2, 0) is 8.10 Å². The Kier molecular flexibility index (Phi) is 8.87. The van der Waals surface area contributed by atoms with Crippen molar-refractivity contribution in [3.63, 3.8) is 0 Å². The Bertz CT molecular complexity index is 273. The number of hydrogen-bond acceptors (Lipinski definition) is 2. The van der Waals surface area contributed by atoms with Gasteiger partial charge in [-0.15, -0.1) is 0 Å². The molecule has 2 nitrogen and oxygen atoms in total. The average molecular weight is 274 g/mol. The van der Waals surface area contributed by atoms with Crippen LogP contribution in [0.1, 0.15) is 34.6 Å². The lowest BCUT2D eigenvalue weighted by Gasteiger charge is -2.25. The first-order valence-electron chi connectivity index (χ1n) is 6.56. The first kappa shape index (κ1) is 17.5. The molecule has 1 atom stereocenters. The van der Waals surface area contributed by atoms with Crippen molar-refractivity contribution in [2.75, 3.05) is 13.3 Å². The number of hydrogen-bond donors (Lipinski definition) is 0. The first-order chi connectivity index (χ1) is 7.83. The van der Waals surface area contributed by atoms with Crippen LogP contribution in [-0.4, -0.2) is 33.2 Å². The molecule has 0 heterocycles. The molecule has 0 saturated heterocycles. The van der Waals surface area contributed by atoms with E-state index >= 15 is 0 Å². The van der Waals surface area contributed by atoms with Crippen LogP contribution in [0.2, 0.25) is 10.6 Å². The summed E-state index contributed by atoms with van der Waals surface area (Å²) in [4.78, 5) is 0. The smallest absolute Gasteiger partial charge is 0.457 e. The van der Waals surface area contributed by atoms with Crippen LogP contribution in [0.4, 0.5) is 0 Å². The zero-order valence-corrected chi connectivity index (χ0v) is 14.4. The van der Waals surface area contributed by atoms with Crippen LogP contribution < -0.4 is 0 Å². The fourth-order valence-corrected chi connectivity index (χ4v) is 8.26. The third-order valence-electron chi connectivity index (χ3n) is 2.48. The van der Waals surface area contributed by atoms with Gasteiger partial charge in [0.15, 0.2) is 0 Å². The van der Waals surface area contributed by atoms with Crippen LogP contribution in [0.15, 0.2) is 6.58 Å². The van der Waals surface area contributed by atoms with Crippen LogP contribution >= 0.6 is 7.34 Å². The molecule has 0 aromatic heterocycles. The summed E-state index contributed by atoms with van der Waals surface area (Å²) in [5, 5.41) is 2.42. The first-order valence-corrected chi connectivity index (χ1v) is 10.7. The molecule has 0 spiro atoms. The fraction of sp³-hybridized carbons (Fsp3) is 0.846. The van der Waals surface area contributed by atoms with Crippen LogP contribution in [0.3, 0.4) is 0 Å². The Morgan fingerprint density at radius 1 is 1.18 bits per heavy atom. The molecule has 0 aliphatic carbocycles. The maximum absolute atomic E-state index is 6.30. The van der Waals surface area contributed by atoms with Gasteiger partial charge in [-0.1, -0.05) is 62.1 Å². The monoisotopic (exact) mass is 274 g/mol. The summed E-state index contributed by atoms with van der Waals surface area (Å²) in [7, 11) is -1.92. The van der Waals surface area contributed by atoms with Gasteiger partial charge in [0.1, 0.15) is 7.34 Å².